The number of carbonyl (C=O) groups is 2. The zero-order valence-electron chi connectivity index (χ0n) is 12.3. The highest BCUT2D eigenvalue weighted by Gasteiger charge is 2.17. The molecule has 1 aromatic carbocycles. The lowest BCUT2D eigenvalue weighted by Crippen LogP contribution is -2.38. The summed E-state index contributed by atoms with van der Waals surface area (Å²) in [5, 5.41) is 6.61. The van der Waals surface area contributed by atoms with Gasteiger partial charge in [0.2, 0.25) is 11.8 Å². The van der Waals surface area contributed by atoms with E-state index in [2.05, 4.69) is 15.8 Å². The quantitative estimate of drug-likeness (QED) is 0.497. The van der Waals surface area contributed by atoms with Gasteiger partial charge in [0, 0.05) is 6.04 Å². The average Bonchev–Trinajstić information content (AvgIpc) is 2.50. The van der Waals surface area contributed by atoms with E-state index in [1.54, 1.807) is 12.1 Å². The summed E-state index contributed by atoms with van der Waals surface area (Å²) < 4.78 is 12.7. The zero-order valence-corrected chi connectivity index (χ0v) is 12.3. The molecule has 1 aliphatic rings. The molecule has 6 heteroatoms. The molecular weight excluding hydrogens is 285 g/mol. The van der Waals surface area contributed by atoms with Gasteiger partial charge in [0.05, 0.1) is 6.21 Å². The maximum atomic E-state index is 12.7. The van der Waals surface area contributed by atoms with E-state index >= 15 is 0 Å². The monoisotopic (exact) mass is 305 g/mol. The van der Waals surface area contributed by atoms with Crippen molar-refractivity contribution in [2.24, 2.45) is 5.10 Å². The molecule has 2 amide bonds. The van der Waals surface area contributed by atoms with Crippen LogP contribution in [0.3, 0.4) is 0 Å². The number of hydrazone groups is 1. The Hall–Kier alpha value is -2.24. The minimum Gasteiger partial charge on any atom is -0.353 e. The number of nitrogens with one attached hydrogen (secondary N) is 2. The number of nitrogens with zero attached hydrogens (tertiary/aromatic N) is 1. The Balaban J connectivity index is 1.70. The van der Waals surface area contributed by atoms with Crippen molar-refractivity contribution in [3.8, 4) is 0 Å². The number of hydrogen-bond donors (Lipinski definition) is 2. The van der Waals surface area contributed by atoms with Gasteiger partial charge in [-0.3, -0.25) is 9.59 Å². The summed E-state index contributed by atoms with van der Waals surface area (Å²) in [6.07, 6.45) is 6.59. The highest BCUT2D eigenvalue weighted by molar-refractivity contribution is 5.97. The van der Waals surface area contributed by atoms with Gasteiger partial charge >= 0.3 is 0 Å². The van der Waals surface area contributed by atoms with Crippen LogP contribution >= 0.6 is 0 Å². The van der Waals surface area contributed by atoms with Gasteiger partial charge < -0.3 is 5.32 Å². The first-order valence-corrected chi connectivity index (χ1v) is 7.50. The van der Waals surface area contributed by atoms with E-state index in [1.165, 1.54) is 24.8 Å². The largest absolute Gasteiger partial charge is 0.353 e. The standard InChI is InChI=1S/C16H20FN3O2/c17-13-8-6-12(7-9-13)11-18-20-16(22)10-15(21)19-14-4-2-1-3-5-14/h6-9,11,14H,1-5,10H2,(H,19,21)(H,20,22)/b18-11-. The maximum absolute atomic E-state index is 12.7. The summed E-state index contributed by atoms with van der Waals surface area (Å²) in [5.74, 6) is -1.08. The zero-order chi connectivity index (χ0) is 15.8. The Morgan fingerprint density at radius 2 is 1.82 bits per heavy atom. The predicted octanol–water partition coefficient (Wildman–Crippen LogP) is 2.11. The van der Waals surface area contributed by atoms with E-state index in [0.717, 1.165) is 25.7 Å². The first-order valence-electron chi connectivity index (χ1n) is 7.50. The summed E-state index contributed by atoms with van der Waals surface area (Å²) in [5.41, 5.74) is 2.95. The molecule has 2 N–H and O–H groups in total. The molecule has 0 aliphatic heterocycles. The van der Waals surface area contributed by atoms with Crippen molar-refractivity contribution in [2.45, 2.75) is 44.6 Å². The molecule has 1 saturated carbocycles. The number of amides is 2. The molecular formula is C16H20FN3O2. The summed E-state index contributed by atoms with van der Waals surface area (Å²) in [7, 11) is 0. The van der Waals surface area contributed by atoms with Crippen LogP contribution in [0.2, 0.25) is 0 Å². The SMILES string of the molecule is O=C(CC(=O)NC1CCCCC1)N/N=C\c1ccc(F)cc1. The molecule has 1 aromatic rings. The van der Waals surface area contributed by atoms with Crippen LogP contribution in [0.1, 0.15) is 44.1 Å². The van der Waals surface area contributed by atoms with Gasteiger partial charge in [-0.2, -0.15) is 5.10 Å². The van der Waals surface area contributed by atoms with Crippen molar-refractivity contribution >= 4 is 18.0 Å². The van der Waals surface area contributed by atoms with E-state index in [1.807, 2.05) is 0 Å². The molecule has 0 aromatic heterocycles. The third-order valence-electron chi connectivity index (χ3n) is 3.56. The van der Waals surface area contributed by atoms with Gasteiger partial charge in [0.1, 0.15) is 12.2 Å². The minimum atomic E-state index is -0.466. The summed E-state index contributed by atoms with van der Waals surface area (Å²) in [6, 6.07) is 5.89. The van der Waals surface area contributed by atoms with Crippen LogP contribution in [-0.4, -0.2) is 24.1 Å². The van der Waals surface area contributed by atoms with E-state index in [4.69, 9.17) is 0 Å². The number of benzene rings is 1. The van der Waals surface area contributed by atoms with Crippen LogP contribution in [0.4, 0.5) is 4.39 Å². The van der Waals surface area contributed by atoms with Gasteiger partial charge in [-0.25, -0.2) is 9.82 Å². The van der Waals surface area contributed by atoms with Crippen molar-refractivity contribution in [2.75, 3.05) is 0 Å². The molecule has 0 radical (unpaired) electrons. The molecule has 1 fully saturated rings. The van der Waals surface area contributed by atoms with Crippen LogP contribution in [0.15, 0.2) is 29.4 Å². The fourth-order valence-electron chi connectivity index (χ4n) is 2.44. The average molecular weight is 305 g/mol. The second kappa shape index (κ2) is 8.26. The lowest BCUT2D eigenvalue weighted by Gasteiger charge is -2.22. The molecule has 0 bridgehead atoms. The lowest BCUT2D eigenvalue weighted by atomic mass is 9.95. The molecule has 0 spiro atoms. The topological polar surface area (TPSA) is 70.6 Å². The fraction of sp³-hybridized carbons (Fsp3) is 0.438. The van der Waals surface area contributed by atoms with Crippen molar-refractivity contribution in [3.63, 3.8) is 0 Å². The molecule has 5 nitrogen and oxygen atoms in total. The molecule has 1 aliphatic carbocycles. The van der Waals surface area contributed by atoms with Crippen molar-refractivity contribution < 1.29 is 14.0 Å². The van der Waals surface area contributed by atoms with Crippen molar-refractivity contribution in [3.05, 3.63) is 35.6 Å². The van der Waals surface area contributed by atoms with Crippen molar-refractivity contribution in [1.82, 2.24) is 10.7 Å². The Kier molecular flexibility index (Phi) is 6.06. The predicted molar refractivity (Wildman–Crippen MR) is 81.8 cm³/mol. The van der Waals surface area contributed by atoms with Gasteiger partial charge in [0.15, 0.2) is 0 Å². The molecule has 2 rings (SSSR count). The minimum absolute atomic E-state index is 0.191. The van der Waals surface area contributed by atoms with Crippen LogP contribution < -0.4 is 10.7 Å². The summed E-state index contributed by atoms with van der Waals surface area (Å²) >= 11 is 0. The van der Waals surface area contributed by atoms with Crippen LogP contribution in [0, 0.1) is 5.82 Å². The first kappa shape index (κ1) is 16.1. The summed E-state index contributed by atoms with van der Waals surface area (Å²) in [6.45, 7) is 0. The highest BCUT2D eigenvalue weighted by atomic mass is 19.1. The lowest BCUT2D eigenvalue weighted by molar-refractivity contribution is -0.129. The highest BCUT2D eigenvalue weighted by Crippen LogP contribution is 2.17. The van der Waals surface area contributed by atoms with E-state index in [9.17, 15) is 14.0 Å². The first-order chi connectivity index (χ1) is 10.6. The Labute approximate surface area is 129 Å². The molecule has 0 heterocycles. The maximum Gasteiger partial charge on any atom is 0.249 e. The molecule has 118 valence electrons. The van der Waals surface area contributed by atoms with E-state index < -0.39 is 5.91 Å². The third kappa shape index (κ3) is 5.63. The normalized spacial score (nSPS) is 15.7. The van der Waals surface area contributed by atoms with Gasteiger partial charge in [-0.15, -0.1) is 0 Å². The van der Waals surface area contributed by atoms with Gasteiger partial charge in [-0.1, -0.05) is 31.4 Å². The second-order valence-electron chi connectivity index (χ2n) is 5.42. The number of hydrogen-bond acceptors (Lipinski definition) is 3. The van der Waals surface area contributed by atoms with E-state index in [0.29, 0.717) is 5.56 Å². The van der Waals surface area contributed by atoms with Crippen LogP contribution in [0.25, 0.3) is 0 Å². The summed E-state index contributed by atoms with van der Waals surface area (Å²) in [4.78, 5) is 23.3. The van der Waals surface area contributed by atoms with Gasteiger partial charge in [-0.05, 0) is 30.5 Å². The molecule has 0 atom stereocenters. The Bertz CT molecular complexity index is 537. The fourth-order valence-corrected chi connectivity index (χ4v) is 2.44. The number of carbonyl (C=O) groups excluding carboxylic acids is 2. The number of halogens is 1. The smallest absolute Gasteiger partial charge is 0.249 e. The third-order valence-corrected chi connectivity index (χ3v) is 3.56. The van der Waals surface area contributed by atoms with Crippen LogP contribution in [0.5, 0.6) is 0 Å². The van der Waals surface area contributed by atoms with Gasteiger partial charge in [0.25, 0.3) is 0 Å². The molecule has 0 saturated heterocycles. The Morgan fingerprint density at radius 3 is 2.50 bits per heavy atom. The number of rotatable bonds is 5. The molecule has 0 unspecified atom stereocenters. The Morgan fingerprint density at radius 1 is 1.14 bits per heavy atom. The van der Waals surface area contributed by atoms with Crippen LogP contribution in [-0.2, 0) is 9.59 Å². The second-order valence-corrected chi connectivity index (χ2v) is 5.42. The van der Waals surface area contributed by atoms with Crippen molar-refractivity contribution in [1.29, 1.82) is 0 Å². The molecule has 22 heavy (non-hydrogen) atoms. The van der Waals surface area contributed by atoms with E-state index in [-0.39, 0.29) is 24.2 Å².